The lowest BCUT2D eigenvalue weighted by Crippen LogP contribution is -2.48. The fourth-order valence-electron chi connectivity index (χ4n) is 3.41. The van der Waals surface area contributed by atoms with Gasteiger partial charge in [-0.3, -0.25) is 4.90 Å². The first-order valence-corrected chi connectivity index (χ1v) is 9.42. The van der Waals surface area contributed by atoms with Crippen molar-refractivity contribution in [1.29, 1.82) is 0 Å². The molecule has 2 saturated heterocycles. The summed E-state index contributed by atoms with van der Waals surface area (Å²) in [7, 11) is 0. The lowest BCUT2D eigenvalue weighted by molar-refractivity contribution is 0.0385. The fraction of sp³-hybridized carbons (Fsp3) is 0.632. The minimum Gasteiger partial charge on any atom is -0.493 e. The van der Waals surface area contributed by atoms with Gasteiger partial charge in [-0.05, 0) is 25.0 Å². The van der Waals surface area contributed by atoms with E-state index in [4.69, 9.17) is 9.47 Å². The van der Waals surface area contributed by atoms with Crippen molar-refractivity contribution >= 4 is 6.03 Å². The number of carbonyl (C=O) groups is 1. The van der Waals surface area contributed by atoms with Gasteiger partial charge in [0.15, 0.2) is 0 Å². The summed E-state index contributed by atoms with van der Waals surface area (Å²) in [5.74, 6) is 0.515. The van der Waals surface area contributed by atoms with Crippen molar-refractivity contribution in [3.8, 4) is 5.75 Å². The Balaban J connectivity index is 1.37. The van der Waals surface area contributed by atoms with Crippen LogP contribution in [-0.2, 0) is 4.74 Å². The topological polar surface area (TPSA) is 54.0 Å². The number of amides is 2. The van der Waals surface area contributed by atoms with Crippen molar-refractivity contribution in [3.05, 3.63) is 30.1 Å². The summed E-state index contributed by atoms with van der Waals surface area (Å²) >= 11 is 0. The van der Waals surface area contributed by atoms with E-state index in [1.54, 1.807) is 12.1 Å². The van der Waals surface area contributed by atoms with Crippen molar-refractivity contribution < 1.29 is 18.7 Å². The second-order valence-electron chi connectivity index (χ2n) is 6.91. The molecule has 0 spiro atoms. The third-order valence-corrected chi connectivity index (χ3v) is 4.90. The van der Waals surface area contributed by atoms with E-state index in [-0.39, 0.29) is 17.8 Å². The molecule has 0 unspecified atom stereocenters. The van der Waals surface area contributed by atoms with Crippen LogP contribution in [0, 0.1) is 11.7 Å². The zero-order chi connectivity index (χ0) is 18.2. The van der Waals surface area contributed by atoms with Crippen LogP contribution in [0.1, 0.15) is 12.8 Å². The summed E-state index contributed by atoms with van der Waals surface area (Å²) in [4.78, 5) is 16.6. The number of hydrogen-bond donors (Lipinski definition) is 1. The van der Waals surface area contributed by atoms with Gasteiger partial charge in [0.2, 0.25) is 0 Å². The van der Waals surface area contributed by atoms with Crippen LogP contribution in [0.4, 0.5) is 9.18 Å². The number of piperidine rings is 1. The van der Waals surface area contributed by atoms with Crippen molar-refractivity contribution in [2.24, 2.45) is 5.92 Å². The van der Waals surface area contributed by atoms with Crippen LogP contribution in [0.25, 0.3) is 0 Å². The second-order valence-corrected chi connectivity index (χ2v) is 6.91. The number of carbonyl (C=O) groups excluding carboxylic acids is 1. The molecule has 2 amide bonds. The monoisotopic (exact) mass is 365 g/mol. The highest BCUT2D eigenvalue weighted by molar-refractivity contribution is 5.74. The maximum Gasteiger partial charge on any atom is 0.317 e. The summed E-state index contributed by atoms with van der Waals surface area (Å²) in [5.41, 5.74) is 0. The lowest BCUT2D eigenvalue weighted by Gasteiger charge is -2.33. The number of hydrogen-bond acceptors (Lipinski definition) is 4. The zero-order valence-electron chi connectivity index (χ0n) is 15.2. The molecular formula is C19H28FN3O3. The van der Waals surface area contributed by atoms with Crippen LogP contribution in [0.15, 0.2) is 24.3 Å². The molecule has 2 aliphatic rings. The summed E-state index contributed by atoms with van der Waals surface area (Å²) in [6.07, 6.45) is 1.99. The van der Waals surface area contributed by atoms with Gasteiger partial charge in [-0.2, -0.15) is 0 Å². The van der Waals surface area contributed by atoms with Crippen molar-refractivity contribution in [2.45, 2.75) is 12.8 Å². The van der Waals surface area contributed by atoms with E-state index in [2.05, 4.69) is 10.2 Å². The van der Waals surface area contributed by atoms with Crippen LogP contribution in [0.2, 0.25) is 0 Å². The molecule has 2 aliphatic heterocycles. The van der Waals surface area contributed by atoms with Crippen LogP contribution in [-0.4, -0.2) is 74.9 Å². The average molecular weight is 365 g/mol. The molecule has 0 aromatic heterocycles. The summed E-state index contributed by atoms with van der Waals surface area (Å²) in [6, 6.07) is 6.17. The van der Waals surface area contributed by atoms with Crippen molar-refractivity contribution in [2.75, 3.05) is 59.1 Å². The molecule has 2 fully saturated rings. The molecule has 0 radical (unpaired) electrons. The Morgan fingerprint density at radius 3 is 2.96 bits per heavy atom. The van der Waals surface area contributed by atoms with Gasteiger partial charge in [-0.15, -0.1) is 0 Å². The Labute approximate surface area is 154 Å². The first-order chi connectivity index (χ1) is 12.7. The van der Waals surface area contributed by atoms with E-state index in [0.717, 1.165) is 52.2 Å². The molecule has 1 N–H and O–H groups in total. The van der Waals surface area contributed by atoms with Gasteiger partial charge in [-0.1, -0.05) is 6.07 Å². The molecule has 1 aromatic carbocycles. The van der Waals surface area contributed by atoms with E-state index < -0.39 is 0 Å². The van der Waals surface area contributed by atoms with Gasteiger partial charge in [0, 0.05) is 51.3 Å². The lowest BCUT2D eigenvalue weighted by atomic mass is 9.99. The molecular weight excluding hydrogens is 337 g/mol. The Morgan fingerprint density at radius 2 is 2.15 bits per heavy atom. The molecule has 2 heterocycles. The Morgan fingerprint density at radius 1 is 1.31 bits per heavy atom. The highest BCUT2D eigenvalue weighted by atomic mass is 19.1. The van der Waals surface area contributed by atoms with Crippen LogP contribution in [0.5, 0.6) is 5.75 Å². The number of nitrogens with zero attached hydrogens (tertiary/aromatic N) is 2. The van der Waals surface area contributed by atoms with E-state index in [1.807, 2.05) is 4.90 Å². The average Bonchev–Trinajstić information content (AvgIpc) is 2.67. The first-order valence-electron chi connectivity index (χ1n) is 9.42. The normalized spacial score (nSPS) is 21.4. The number of nitrogens with one attached hydrogen (secondary N) is 1. The largest absolute Gasteiger partial charge is 0.493 e. The van der Waals surface area contributed by atoms with Crippen molar-refractivity contribution in [1.82, 2.24) is 15.1 Å². The molecule has 6 nitrogen and oxygen atoms in total. The second kappa shape index (κ2) is 9.73. The van der Waals surface area contributed by atoms with Gasteiger partial charge in [0.1, 0.15) is 11.6 Å². The number of ether oxygens (including phenoxy) is 2. The number of likely N-dealkylation sites (tertiary alicyclic amines) is 1. The highest BCUT2D eigenvalue weighted by Gasteiger charge is 2.24. The molecule has 0 bridgehead atoms. The number of halogens is 1. The number of urea groups is 1. The van der Waals surface area contributed by atoms with E-state index in [0.29, 0.717) is 25.4 Å². The SMILES string of the molecule is O=C(NCCN1CCOCC1)N1CCC[C@@H](COc2cccc(F)c2)C1. The van der Waals surface area contributed by atoms with Gasteiger partial charge in [-0.25, -0.2) is 9.18 Å². The smallest absolute Gasteiger partial charge is 0.317 e. The third kappa shape index (κ3) is 5.85. The van der Waals surface area contributed by atoms with Gasteiger partial charge >= 0.3 is 6.03 Å². The van der Waals surface area contributed by atoms with Crippen LogP contribution < -0.4 is 10.1 Å². The maximum absolute atomic E-state index is 13.2. The predicted molar refractivity (Wildman–Crippen MR) is 96.8 cm³/mol. The number of morpholine rings is 1. The highest BCUT2D eigenvalue weighted by Crippen LogP contribution is 2.19. The van der Waals surface area contributed by atoms with E-state index >= 15 is 0 Å². The minimum atomic E-state index is -0.299. The molecule has 26 heavy (non-hydrogen) atoms. The van der Waals surface area contributed by atoms with Crippen LogP contribution in [0.3, 0.4) is 0 Å². The molecule has 1 atom stereocenters. The predicted octanol–water partition coefficient (Wildman–Crippen LogP) is 1.96. The molecule has 0 aliphatic carbocycles. The number of benzene rings is 1. The fourth-order valence-corrected chi connectivity index (χ4v) is 3.41. The Hall–Kier alpha value is -1.86. The van der Waals surface area contributed by atoms with Gasteiger partial charge in [0.05, 0.1) is 19.8 Å². The molecule has 144 valence electrons. The van der Waals surface area contributed by atoms with E-state index in [9.17, 15) is 9.18 Å². The Kier molecular flexibility index (Phi) is 7.08. The summed E-state index contributed by atoms with van der Waals surface area (Å²) < 4.78 is 24.2. The van der Waals surface area contributed by atoms with Gasteiger partial charge in [0.25, 0.3) is 0 Å². The number of rotatable bonds is 6. The van der Waals surface area contributed by atoms with Gasteiger partial charge < -0.3 is 19.7 Å². The first kappa shape index (κ1) is 18.9. The quantitative estimate of drug-likeness (QED) is 0.837. The maximum atomic E-state index is 13.2. The minimum absolute atomic E-state index is 0.00582. The van der Waals surface area contributed by atoms with Crippen LogP contribution >= 0.6 is 0 Å². The molecule has 7 heteroatoms. The van der Waals surface area contributed by atoms with E-state index in [1.165, 1.54) is 12.1 Å². The molecule has 1 aromatic rings. The summed E-state index contributed by atoms with van der Waals surface area (Å²) in [5, 5.41) is 3.02. The third-order valence-electron chi connectivity index (χ3n) is 4.90. The Bertz CT molecular complexity index is 581. The standard InChI is InChI=1S/C19H28FN3O3/c20-17-4-1-5-18(13-17)26-15-16-3-2-7-23(14-16)19(24)21-6-8-22-9-11-25-12-10-22/h1,4-5,13,16H,2-3,6-12,14-15H2,(H,21,24)/t16-/m1/s1. The molecule has 3 rings (SSSR count). The summed E-state index contributed by atoms with van der Waals surface area (Å²) in [6.45, 7) is 6.87. The van der Waals surface area contributed by atoms with Crippen molar-refractivity contribution in [3.63, 3.8) is 0 Å². The molecule has 0 saturated carbocycles. The zero-order valence-corrected chi connectivity index (χ0v) is 15.2.